The third-order valence-electron chi connectivity index (χ3n) is 5.74. The molecule has 0 amide bonds. The van der Waals surface area contributed by atoms with Gasteiger partial charge in [-0.2, -0.15) is 20.7 Å². The molecule has 12 heteroatoms. The number of fused-ring (bicyclic) bond motifs is 1. The van der Waals surface area contributed by atoms with Gasteiger partial charge in [-0.3, -0.25) is 9.97 Å². The number of benzene rings is 2. The molecule has 3 N–H and O–H groups in total. The number of aromatic nitrogens is 5. The summed E-state index contributed by atoms with van der Waals surface area (Å²) >= 11 is 18.6. The second-order valence-electron chi connectivity index (χ2n) is 8.01. The van der Waals surface area contributed by atoms with E-state index in [4.69, 9.17) is 34.8 Å². The minimum Gasteiger partial charge on any atom is -0.373 e. The van der Waals surface area contributed by atoms with Gasteiger partial charge in [-0.15, -0.1) is 0 Å². The van der Waals surface area contributed by atoms with E-state index in [0.29, 0.717) is 33.0 Å². The molecule has 8 nitrogen and oxygen atoms in total. The zero-order chi connectivity index (χ0) is 26.1. The summed E-state index contributed by atoms with van der Waals surface area (Å²) in [6.07, 6.45) is 4.69. The molecule has 1 atom stereocenters. The Kier molecular flexibility index (Phi) is 6.80. The largest absolute Gasteiger partial charge is 0.373 e. The number of aromatic amines is 1. The van der Waals surface area contributed by atoms with Gasteiger partial charge >= 0.3 is 0 Å². The Labute approximate surface area is 225 Å². The van der Waals surface area contributed by atoms with Crippen molar-refractivity contribution in [3.8, 4) is 6.07 Å². The molecule has 3 heterocycles. The van der Waals surface area contributed by atoms with Crippen LogP contribution in [-0.4, -0.2) is 25.4 Å². The number of nitrogens with one attached hydrogen (secondary N) is 3. The number of hydrogen-bond acceptors (Lipinski definition) is 7. The first-order chi connectivity index (χ1) is 17.9. The summed E-state index contributed by atoms with van der Waals surface area (Å²) < 4.78 is 14.9. The van der Waals surface area contributed by atoms with Crippen LogP contribution in [0.25, 0.3) is 10.9 Å². The number of nitrogens with zero attached hydrogens (tertiary/aromatic N) is 5. The lowest BCUT2D eigenvalue weighted by Gasteiger charge is -2.21. The van der Waals surface area contributed by atoms with Gasteiger partial charge in [-0.25, -0.2) is 4.39 Å². The maximum atomic E-state index is 14.9. The van der Waals surface area contributed by atoms with Gasteiger partial charge in [-0.05, 0) is 37.3 Å². The van der Waals surface area contributed by atoms with Crippen LogP contribution in [-0.2, 0) is 0 Å². The second-order valence-corrected chi connectivity index (χ2v) is 9.20. The summed E-state index contributed by atoms with van der Waals surface area (Å²) in [6.45, 7) is 1.90. The lowest BCUT2D eigenvalue weighted by atomic mass is 10.0. The van der Waals surface area contributed by atoms with E-state index in [-0.39, 0.29) is 21.3 Å². The average Bonchev–Trinajstić information content (AvgIpc) is 3.43. The van der Waals surface area contributed by atoms with Gasteiger partial charge in [0.05, 0.1) is 49.8 Å². The Hall–Kier alpha value is -3.97. The highest BCUT2D eigenvalue weighted by molar-refractivity contribution is 6.42. The fourth-order valence-electron chi connectivity index (χ4n) is 3.95. The number of pyridine rings is 2. The van der Waals surface area contributed by atoms with E-state index in [1.54, 1.807) is 24.5 Å². The van der Waals surface area contributed by atoms with Crippen molar-refractivity contribution >= 4 is 62.8 Å². The first-order valence-electron chi connectivity index (χ1n) is 10.8. The number of nitriles is 1. The van der Waals surface area contributed by atoms with E-state index in [9.17, 15) is 9.65 Å². The minimum atomic E-state index is -0.749. The minimum absolute atomic E-state index is 0.0411. The number of hydrogen-bond donors (Lipinski definition) is 3. The fourth-order valence-corrected chi connectivity index (χ4v) is 4.53. The molecule has 0 saturated heterocycles. The van der Waals surface area contributed by atoms with Crippen LogP contribution >= 0.6 is 34.8 Å². The monoisotopic (exact) mass is 552 g/mol. The molecule has 0 aliphatic heterocycles. The van der Waals surface area contributed by atoms with Gasteiger partial charge in [0.15, 0.2) is 5.82 Å². The Balaban J connectivity index is 1.64. The molecule has 0 fully saturated rings. The van der Waals surface area contributed by atoms with Gasteiger partial charge < -0.3 is 10.6 Å². The second kappa shape index (κ2) is 10.2. The smallest absolute Gasteiger partial charge is 0.166 e. The number of H-pyrrole nitrogens is 1. The molecule has 0 radical (unpaired) electrons. The quantitative estimate of drug-likeness (QED) is 0.194. The molecule has 1 unspecified atom stereocenters. The molecule has 5 aromatic rings. The molecule has 37 heavy (non-hydrogen) atoms. The van der Waals surface area contributed by atoms with Crippen molar-refractivity contribution < 1.29 is 4.39 Å². The Morgan fingerprint density at radius 2 is 1.92 bits per heavy atom. The zero-order valence-corrected chi connectivity index (χ0v) is 21.3. The molecular weight excluding hydrogens is 538 g/mol. The lowest BCUT2D eigenvalue weighted by Crippen LogP contribution is -2.15. The predicted molar refractivity (Wildman–Crippen MR) is 142 cm³/mol. The van der Waals surface area contributed by atoms with E-state index < -0.39 is 11.9 Å². The van der Waals surface area contributed by atoms with Crippen molar-refractivity contribution in [2.75, 3.05) is 10.6 Å². The van der Waals surface area contributed by atoms with E-state index in [1.165, 1.54) is 18.3 Å². The SMILES string of the molecule is Cc1ncccc1C(Nc1cc(Cl)c2ncc(C#N)c(Nc3ccc(Cl)c(Cl)c3F)c2c1)c1cn[nH]n1. The van der Waals surface area contributed by atoms with Crippen molar-refractivity contribution in [1.82, 2.24) is 25.4 Å². The highest BCUT2D eigenvalue weighted by Gasteiger charge is 2.21. The molecular formula is C25H16Cl3FN8. The van der Waals surface area contributed by atoms with Crippen molar-refractivity contribution in [2.45, 2.75) is 13.0 Å². The maximum Gasteiger partial charge on any atom is 0.166 e. The first kappa shape index (κ1) is 24.7. The first-order valence-corrected chi connectivity index (χ1v) is 12.0. The van der Waals surface area contributed by atoms with Crippen molar-refractivity contribution in [1.29, 1.82) is 5.26 Å². The standard InChI is InChI=1S/C25H16Cl3FN8/c1-12-15(3-2-6-31-12)25(20-11-33-37-36-20)34-14-7-16-23(13(9-30)10-32-24(16)18(27)8-14)35-19-5-4-17(26)21(28)22(19)29/h2-8,10-11,25,34H,1H3,(H,32,35)(H,33,36,37). The van der Waals surface area contributed by atoms with Crippen LogP contribution in [0.15, 0.2) is 55.0 Å². The summed E-state index contributed by atoms with van der Waals surface area (Å²) in [5, 5.41) is 27.6. The third-order valence-corrected chi connectivity index (χ3v) is 6.81. The number of aryl methyl sites for hydroxylation is 1. The van der Waals surface area contributed by atoms with Gasteiger partial charge in [0.1, 0.15) is 11.8 Å². The van der Waals surface area contributed by atoms with Crippen LogP contribution in [0.4, 0.5) is 21.5 Å². The highest BCUT2D eigenvalue weighted by atomic mass is 35.5. The average molecular weight is 554 g/mol. The van der Waals surface area contributed by atoms with Crippen molar-refractivity contribution in [2.24, 2.45) is 0 Å². The molecule has 3 aromatic heterocycles. The summed E-state index contributed by atoms with van der Waals surface area (Å²) in [6, 6.07) is 11.8. The number of rotatable bonds is 6. The van der Waals surface area contributed by atoms with E-state index in [2.05, 4.69) is 42.1 Å². The topological polar surface area (TPSA) is 115 Å². The van der Waals surface area contributed by atoms with E-state index in [1.807, 2.05) is 19.1 Å². The number of halogens is 4. The number of anilines is 3. The van der Waals surface area contributed by atoms with Crippen LogP contribution in [0.5, 0.6) is 0 Å². The molecule has 5 rings (SSSR count). The Morgan fingerprint density at radius 1 is 1.08 bits per heavy atom. The van der Waals surface area contributed by atoms with Crippen LogP contribution in [0.1, 0.15) is 28.6 Å². The zero-order valence-electron chi connectivity index (χ0n) is 19.0. The highest BCUT2D eigenvalue weighted by Crippen LogP contribution is 2.38. The predicted octanol–water partition coefficient (Wildman–Crippen LogP) is 6.97. The summed E-state index contributed by atoms with van der Waals surface area (Å²) in [5.74, 6) is -0.749. The molecule has 184 valence electrons. The van der Waals surface area contributed by atoms with Crippen LogP contribution in [0.2, 0.25) is 15.1 Å². The normalized spacial score (nSPS) is 11.8. The van der Waals surface area contributed by atoms with Gasteiger partial charge in [0.25, 0.3) is 0 Å². The summed E-state index contributed by atoms with van der Waals surface area (Å²) in [5.41, 5.74) is 3.88. The van der Waals surface area contributed by atoms with E-state index >= 15 is 0 Å². The van der Waals surface area contributed by atoms with Crippen LogP contribution < -0.4 is 10.6 Å². The van der Waals surface area contributed by atoms with Crippen molar-refractivity contribution in [3.05, 3.63) is 98.4 Å². The maximum absolute atomic E-state index is 14.9. The van der Waals surface area contributed by atoms with Gasteiger partial charge in [0.2, 0.25) is 0 Å². The molecule has 0 saturated carbocycles. The third kappa shape index (κ3) is 4.74. The Morgan fingerprint density at radius 3 is 2.65 bits per heavy atom. The molecule has 0 aliphatic rings. The Bertz CT molecular complexity index is 1670. The van der Waals surface area contributed by atoms with Gasteiger partial charge in [0, 0.05) is 34.7 Å². The van der Waals surface area contributed by atoms with Crippen molar-refractivity contribution in [3.63, 3.8) is 0 Å². The molecule has 0 spiro atoms. The van der Waals surface area contributed by atoms with Crippen LogP contribution in [0, 0.1) is 24.1 Å². The van der Waals surface area contributed by atoms with Gasteiger partial charge in [-0.1, -0.05) is 40.9 Å². The molecule has 2 aromatic carbocycles. The lowest BCUT2D eigenvalue weighted by molar-refractivity contribution is 0.632. The van der Waals surface area contributed by atoms with E-state index in [0.717, 1.165) is 11.3 Å². The fraction of sp³-hybridized carbons (Fsp3) is 0.0800. The molecule has 0 bridgehead atoms. The van der Waals surface area contributed by atoms with Crippen LogP contribution in [0.3, 0.4) is 0 Å². The molecule has 0 aliphatic carbocycles. The summed E-state index contributed by atoms with van der Waals surface area (Å²) in [7, 11) is 0. The summed E-state index contributed by atoms with van der Waals surface area (Å²) in [4.78, 5) is 8.74.